The van der Waals surface area contributed by atoms with E-state index in [4.69, 9.17) is 21.1 Å². The second-order valence-corrected chi connectivity index (χ2v) is 8.53. The second-order valence-electron chi connectivity index (χ2n) is 7.13. The summed E-state index contributed by atoms with van der Waals surface area (Å²) >= 11 is 7.33. The number of carbonyl (C=O) groups excluding carboxylic acids is 2. The number of carbonyl (C=O) groups is 2. The maximum atomic E-state index is 12.8. The van der Waals surface area contributed by atoms with Gasteiger partial charge in [0.1, 0.15) is 0 Å². The van der Waals surface area contributed by atoms with Crippen molar-refractivity contribution in [1.82, 2.24) is 4.90 Å². The lowest BCUT2D eigenvalue weighted by Crippen LogP contribution is -2.27. The van der Waals surface area contributed by atoms with Crippen LogP contribution < -0.4 is 9.47 Å². The zero-order chi connectivity index (χ0) is 21.8. The molecule has 30 heavy (non-hydrogen) atoms. The molecule has 1 aliphatic heterocycles. The first-order chi connectivity index (χ1) is 14.3. The quantitative estimate of drug-likeness (QED) is 0.484. The molecule has 7 heteroatoms. The van der Waals surface area contributed by atoms with Gasteiger partial charge in [0, 0.05) is 0 Å². The van der Waals surface area contributed by atoms with Crippen molar-refractivity contribution in [2.45, 2.75) is 39.8 Å². The van der Waals surface area contributed by atoms with E-state index < -0.39 is 0 Å². The molecule has 0 bridgehead atoms. The van der Waals surface area contributed by atoms with Gasteiger partial charge in [-0.05, 0) is 61.4 Å². The van der Waals surface area contributed by atoms with Gasteiger partial charge in [0.25, 0.3) is 11.1 Å². The van der Waals surface area contributed by atoms with Crippen LogP contribution in [-0.4, -0.2) is 29.3 Å². The van der Waals surface area contributed by atoms with E-state index in [-0.39, 0.29) is 23.8 Å². The number of methoxy groups -OCH3 is 1. The molecule has 158 valence electrons. The number of hydrogen-bond donors (Lipinski definition) is 0. The minimum atomic E-state index is -0.318. The Morgan fingerprint density at radius 3 is 2.67 bits per heavy atom. The molecular weight excluding hydrogens is 422 g/mol. The number of nitrogens with zero attached hydrogens (tertiary/aromatic N) is 1. The van der Waals surface area contributed by atoms with Crippen LogP contribution in [0.2, 0.25) is 5.02 Å². The molecule has 1 atom stereocenters. The highest BCUT2D eigenvalue weighted by Gasteiger charge is 2.35. The predicted molar refractivity (Wildman–Crippen MR) is 121 cm³/mol. The molecule has 5 nitrogen and oxygen atoms in total. The van der Waals surface area contributed by atoms with Gasteiger partial charge in [-0.1, -0.05) is 48.4 Å². The zero-order valence-corrected chi connectivity index (χ0v) is 19.0. The third-order valence-corrected chi connectivity index (χ3v) is 5.93. The van der Waals surface area contributed by atoms with Crippen LogP contribution in [0.1, 0.15) is 37.0 Å². The van der Waals surface area contributed by atoms with Crippen molar-refractivity contribution < 1.29 is 19.1 Å². The van der Waals surface area contributed by atoms with Gasteiger partial charge < -0.3 is 9.47 Å². The average molecular weight is 446 g/mol. The van der Waals surface area contributed by atoms with Gasteiger partial charge >= 0.3 is 0 Å². The maximum absolute atomic E-state index is 12.8. The molecule has 0 N–H and O–H groups in total. The Morgan fingerprint density at radius 2 is 2.00 bits per heavy atom. The number of ether oxygens (including phenoxy) is 2. The van der Waals surface area contributed by atoms with E-state index in [1.54, 1.807) is 18.2 Å². The lowest BCUT2D eigenvalue weighted by Gasteiger charge is -2.17. The Hall–Kier alpha value is -2.44. The van der Waals surface area contributed by atoms with Crippen molar-refractivity contribution in [1.29, 1.82) is 0 Å². The van der Waals surface area contributed by atoms with Crippen LogP contribution in [0.3, 0.4) is 0 Å². The first kappa shape index (κ1) is 22.2. The Morgan fingerprint density at radius 1 is 1.23 bits per heavy atom. The molecule has 1 saturated heterocycles. The summed E-state index contributed by atoms with van der Waals surface area (Å²) in [5.74, 6) is 0.632. The number of benzene rings is 2. The molecule has 0 saturated carbocycles. The molecule has 0 aromatic heterocycles. The molecule has 1 heterocycles. The van der Waals surface area contributed by atoms with E-state index in [1.165, 1.54) is 12.0 Å². The van der Waals surface area contributed by atoms with E-state index in [0.29, 0.717) is 27.0 Å². The van der Waals surface area contributed by atoms with E-state index in [0.717, 1.165) is 29.3 Å². The third-order valence-electron chi connectivity index (χ3n) is 4.74. The third kappa shape index (κ3) is 4.99. The van der Waals surface area contributed by atoms with Crippen molar-refractivity contribution in [2.24, 2.45) is 0 Å². The first-order valence-corrected chi connectivity index (χ1v) is 10.9. The highest BCUT2D eigenvalue weighted by molar-refractivity contribution is 8.18. The van der Waals surface area contributed by atoms with Crippen LogP contribution in [0.15, 0.2) is 41.3 Å². The van der Waals surface area contributed by atoms with Gasteiger partial charge in [0.2, 0.25) is 0 Å². The SMILES string of the molecule is CC[C@H](C)Oc1c(Cl)cc(/C=C2\SC(=O)N(Cc3cccc(C)c3)C2=O)cc1OC. The summed E-state index contributed by atoms with van der Waals surface area (Å²) < 4.78 is 11.3. The van der Waals surface area contributed by atoms with Crippen molar-refractivity contribution >= 4 is 40.6 Å². The zero-order valence-electron chi connectivity index (χ0n) is 17.4. The molecule has 1 fully saturated rings. The Labute approximate surface area is 186 Å². The number of halogens is 1. The minimum Gasteiger partial charge on any atom is -0.493 e. The fourth-order valence-corrected chi connectivity index (χ4v) is 4.10. The fourth-order valence-electron chi connectivity index (χ4n) is 3.00. The van der Waals surface area contributed by atoms with Crippen molar-refractivity contribution in [3.05, 3.63) is 63.0 Å². The van der Waals surface area contributed by atoms with Gasteiger partial charge in [-0.2, -0.15) is 0 Å². The summed E-state index contributed by atoms with van der Waals surface area (Å²) in [7, 11) is 1.54. The van der Waals surface area contributed by atoms with Crippen molar-refractivity contribution in [3.63, 3.8) is 0 Å². The van der Waals surface area contributed by atoms with Gasteiger partial charge in [-0.15, -0.1) is 0 Å². The number of thioether (sulfide) groups is 1. The van der Waals surface area contributed by atoms with E-state index in [2.05, 4.69) is 0 Å². The minimum absolute atomic E-state index is 0.0135. The topological polar surface area (TPSA) is 55.8 Å². The molecule has 0 spiro atoms. The standard InChI is InChI=1S/C23H24ClNO4S/c1-5-15(3)29-21-18(24)10-17(11-19(21)28-4)12-20-22(26)25(23(27)30-20)13-16-8-6-7-14(2)9-16/h6-12,15H,5,13H2,1-4H3/b20-12-/t15-/m0/s1. The second kappa shape index (κ2) is 9.58. The van der Waals surface area contributed by atoms with Crippen molar-refractivity contribution in [3.8, 4) is 11.5 Å². The van der Waals surface area contributed by atoms with Crippen LogP contribution >= 0.6 is 23.4 Å². The maximum Gasteiger partial charge on any atom is 0.293 e. The number of rotatable bonds is 7. The Bertz CT molecular complexity index is 1000. The number of aryl methyl sites for hydroxylation is 1. The van der Waals surface area contributed by atoms with E-state index >= 15 is 0 Å². The van der Waals surface area contributed by atoms with Crippen LogP contribution in [0, 0.1) is 6.92 Å². The van der Waals surface area contributed by atoms with E-state index in [1.807, 2.05) is 45.0 Å². The number of imide groups is 1. The first-order valence-electron chi connectivity index (χ1n) is 9.67. The van der Waals surface area contributed by atoms with Crippen LogP contribution in [-0.2, 0) is 11.3 Å². The van der Waals surface area contributed by atoms with Gasteiger partial charge in [-0.3, -0.25) is 14.5 Å². The summed E-state index contributed by atoms with van der Waals surface area (Å²) in [4.78, 5) is 26.9. The number of hydrogen-bond acceptors (Lipinski definition) is 5. The fraction of sp³-hybridized carbons (Fsp3) is 0.304. The molecule has 2 aromatic carbocycles. The largest absolute Gasteiger partial charge is 0.493 e. The molecule has 3 rings (SSSR count). The lowest BCUT2D eigenvalue weighted by molar-refractivity contribution is -0.123. The molecule has 0 radical (unpaired) electrons. The molecular formula is C23H24ClNO4S. The van der Waals surface area contributed by atoms with Gasteiger partial charge in [0.15, 0.2) is 11.5 Å². The van der Waals surface area contributed by atoms with Gasteiger partial charge in [0.05, 0.1) is 29.7 Å². The highest BCUT2D eigenvalue weighted by atomic mass is 35.5. The molecule has 2 aromatic rings. The molecule has 0 aliphatic carbocycles. The Balaban J connectivity index is 1.85. The van der Waals surface area contributed by atoms with Crippen LogP contribution in [0.5, 0.6) is 11.5 Å². The highest BCUT2D eigenvalue weighted by Crippen LogP contribution is 2.39. The smallest absolute Gasteiger partial charge is 0.293 e. The van der Waals surface area contributed by atoms with Crippen LogP contribution in [0.25, 0.3) is 6.08 Å². The van der Waals surface area contributed by atoms with E-state index in [9.17, 15) is 9.59 Å². The summed E-state index contributed by atoms with van der Waals surface area (Å²) in [5, 5.41) is 0.0995. The summed E-state index contributed by atoms with van der Waals surface area (Å²) in [6.45, 7) is 6.19. The summed E-state index contributed by atoms with van der Waals surface area (Å²) in [5.41, 5.74) is 2.65. The van der Waals surface area contributed by atoms with Gasteiger partial charge in [-0.25, -0.2) is 0 Å². The monoisotopic (exact) mass is 445 g/mol. The molecule has 2 amide bonds. The average Bonchev–Trinajstić information content (AvgIpc) is 2.97. The Kier molecular flexibility index (Phi) is 7.10. The predicted octanol–water partition coefficient (Wildman–Crippen LogP) is 6.07. The van der Waals surface area contributed by atoms with Crippen molar-refractivity contribution in [2.75, 3.05) is 7.11 Å². The molecule has 1 aliphatic rings. The lowest BCUT2D eigenvalue weighted by atomic mass is 10.1. The molecule has 0 unspecified atom stereocenters. The summed E-state index contributed by atoms with van der Waals surface area (Å²) in [6, 6.07) is 11.2. The summed E-state index contributed by atoms with van der Waals surface area (Å²) in [6.07, 6.45) is 2.47. The normalized spacial score (nSPS) is 16.3. The number of amides is 2. The van der Waals surface area contributed by atoms with Crippen LogP contribution in [0.4, 0.5) is 4.79 Å².